The molecule has 5 N–H and O–H groups in total. The average Bonchev–Trinajstić information content (AvgIpc) is 2.98. The van der Waals surface area contributed by atoms with Gasteiger partial charge in [0.2, 0.25) is 5.95 Å². The molecule has 1 aliphatic carbocycles. The molecule has 1 aliphatic rings. The molecule has 1 heterocycles. The van der Waals surface area contributed by atoms with Gasteiger partial charge in [0.25, 0.3) is 16.5 Å². The number of nitrogens with two attached hydrogens (primary N) is 1. The number of hydrogen-bond acceptors (Lipinski definition) is 8. The van der Waals surface area contributed by atoms with Gasteiger partial charge in [0, 0.05) is 29.4 Å². The molecule has 0 atom stereocenters. The van der Waals surface area contributed by atoms with Crippen LogP contribution in [-0.4, -0.2) is 49.2 Å². The second-order valence-electron chi connectivity index (χ2n) is 10.3. The fourth-order valence-electron chi connectivity index (χ4n) is 5.26. The highest BCUT2D eigenvalue weighted by molar-refractivity contribution is 7.92. The zero-order valence-electron chi connectivity index (χ0n) is 24.0. The minimum atomic E-state index is -3.81. The Hall–Kier alpha value is -4.22. The van der Waals surface area contributed by atoms with E-state index in [4.69, 9.17) is 25.4 Å². The van der Waals surface area contributed by atoms with E-state index in [9.17, 15) is 8.42 Å². The lowest BCUT2D eigenvalue weighted by atomic mass is 9.92. The molecule has 0 bridgehead atoms. The van der Waals surface area contributed by atoms with E-state index >= 15 is 0 Å². The standard InChI is InChI=1S/C30H35N5O3S.CH2O2/c1-4-20-16-21(17-22-18-32-30(34-29(20)22)33-24-11-9-23(31)10-12-24)26-14-13-25(15-19(26)2)35-39(36,37)28-8-6-5-7-27(28)38-3;2-1-3/h5-8,13-18,23-24,35H,4,9-12,31H2,1-3H3,(H,32,33,34);1H,(H,2,3). The molecule has 0 radical (unpaired) electrons. The molecule has 11 heteroatoms. The predicted molar refractivity (Wildman–Crippen MR) is 165 cm³/mol. The van der Waals surface area contributed by atoms with Gasteiger partial charge >= 0.3 is 0 Å². The minimum absolute atomic E-state index is 0.0947. The fraction of sp³-hybridized carbons (Fsp3) is 0.323. The van der Waals surface area contributed by atoms with E-state index in [2.05, 4.69) is 34.1 Å². The van der Waals surface area contributed by atoms with Gasteiger partial charge in [-0.25, -0.2) is 18.4 Å². The topological polar surface area (TPSA) is 157 Å². The summed E-state index contributed by atoms with van der Waals surface area (Å²) in [5.74, 6) is 0.957. The molecule has 0 aliphatic heterocycles. The molecular weight excluding hydrogens is 554 g/mol. The molecule has 1 aromatic heterocycles. The Balaban J connectivity index is 0.00000129. The Bertz CT molecular complexity index is 1650. The molecule has 10 nitrogen and oxygen atoms in total. The van der Waals surface area contributed by atoms with Gasteiger partial charge in [-0.1, -0.05) is 25.1 Å². The highest BCUT2D eigenvalue weighted by Crippen LogP contribution is 2.32. The van der Waals surface area contributed by atoms with Crippen molar-refractivity contribution < 1.29 is 23.1 Å². The van der Waals surface area contributed by atoms with Crippen LogP contribution in [0.4, 0.5) is 11.6 Å². The summed E-state index contributed by atoms with van der Waals surface area (Å²) in [4.78, 5) is 17.9. The van der Waals surface area contributed by atoms with Gasteiger partial charge in [0.1, 0.15) is 10.6 Å². The quantitative estimate of drug-likeness (QED) is 0.198. The number of carboxylic acid groups (broad SMARTS) is 1. The number of ether oxygens (including phenoxy) is 1. The first-order chi connectivity index (χ1) is 20.2. The molecule has 0 amide bonds. The highest BCUT2D eigenvalue weighted by atomic mass is 32.2. The number of hydrogen-bond donors (Lipinski definition) is 4. The lowest BCUT2D eigenvalue weighted by Gasteiger charge is -2.26. The normalized spacial score (nSPS) is 16.7. The number of carbonyl (C=O) groups is 1. The van der Waals surface area contributed by atoms with Crippen molar-refractivity contribution in [3.63, 3.8) is 0 Å². The summed E-state index contributed by atoms with van der Waals surface area (Å²) in [5.41, 5.74) is 11.6. The van der Waals surface area contributed by atoms with Crippen LogP contribution in [0.15, 0.2) is 65.7 Å². The molecule has 1 fully saturated rings. The van der Waals surface area contributed by atoms with Crippen molar-refractivity contribution in [1.29, 1.82) is 0 Å². The molecule has 222 valence electrons. The number of aromatic nitrogens is 2. The van der Waals surface area contributed by atoms with Crippen molar-refractivity contribution in [2.75, 3.05) is 17.1 Å². The largest absolute Gasteiger partial charge is 0.495 e. The average molecular weight is 592 g/mol. The van der Waals surface area contributed by atoms with Gasteiger partial charge in [0.05, 0.1) is 12.6 Å². The molecular formula is C31H37N5O5S. The number of fused-ring (bicyclic) bond motifs is 1. The molecule has 0 spiro atoms. The number of rotatable bonds is 8. The zero-order valence-corrected chi connectivity index (χ0v) is 24.8. The van der Waals surface area contributed by atoms with Crippen LogP contribution < -0.4 is 20.5 Å². The lowest BCUT2D eigenvalue weighted by molar-refractivity contribution is -0.122. The second-order valence-corrected chi connectivity index (χ2v) is 11.9. The minimum Gasteiger partial charge on any atom is -0.495 e. The smallest absolute Gasteiger partial charge is 0.290 e. The number of anilines is 2. The van der Waals surface area contributed by atoms with Crippen LogP contribution in [0.1, 0.15) is 43.7 Å². The van der Waals surface area contributed by atoms with Crippen molar-refractivity contribution in [3.8, 4) is 16.9 Å². The Morgan fingerprint density at radius 2 is 1.81 bits per heavy atom. The van der Waals surface area contributed by atoms with E-state index in [1.54, 1.807) is 24.3 Å². The first kappa shape index (κ1) is 30.7. The fourth-order valence-corrected chi connectivity index (χ4v) is 6.48. The van der Waals surface area contributed by atoms with Crippen LogP contribution in [-0.2, 0) is 21.2 Å². The lowest BCUT2D eigenvalue weighted by Crippen LogP contribution is -2.33. The van der Waals surface area contributed by atoms with E-state index in [0.717, 1.165) is 65.3 Å². The number of sulfonamides is 1. The summed E-state index contributed by atoms with van der Waals surface area (Å²) in [7, 11) is -2.36. The second kappa shape index (κ2) is 13.6. The van der Waals surface area contributed by atoms with E-state index in [0.29, 0.717) is 29.5 Å². The summed E-state index contributed by atoms with van der Waals surface area (Å²) in [6.45, 7) is 3.85. The highest BCUT2D eigenvalue weighted by Gasteiger charge is 2.21. The third-order valence-corrected chi connectivity index (χ3v) is 8.82. The molecule has 5 rings (SSSR count). The van der Waals surface area contributed by atoms with Crippen LogP contribution >= 0.6 is 0 Å². The van der Waals surface area contributed by atoms with Crippen LogP contribution in [0.25, 0.3) is 22.0 Å². The van der Waals surface area contributed by atoms with Crippen molar-refractivity contribution in [2.24, 2.45) is 5.73 Å². The number of methoxy groups -OCH3 is 1. The summed E-state index contributed by atoms with van der Waals surface area (Å²) in [6.07, 6.45) is 6.82. The van der Waals surface area contributed by atoms with Crippen molar-refractivity contribution in [2.45, 2.75) is 62.9 Å². The van der Waals surface area contributed by atoms with E-state index in [1.807, 2.05) is 25.3 Å². The zero-order chi connectivity index (χ0) is 30.3. The van der Waals surface area contributed by atoms with Gasteiger partial charge in [0.15, 0.2) is 0 Å². The summed E-state index contributed by atoms with van der Waals surface area (Å²) in [5, 5.41) is 11.4. The van der Waals surface area contributed by atoms with Crippen molar-refractivity contribution in [1.82, 2.24) is 9.97 Å². The predicted octanol–water partition coefficient (Wildman–Crippen LogP) is 5.36. The first-order valence-corrected chi connectivity index (χ1v) is 15.3. The van der Waals surface area contributed by atoms with E-state index in [1.165, 1.54) is 13.2 Å². The number of benzene rings is 3. The summed E-state index contributed by atoms with van der Waals surface area (Å²) < 4.78 is 34.0. The molecule has 4 aromatic rings. The van der Waals surface area contributed by atoms with Crippen LogP contribution in [0.5, 0.6) is 5.75 Å². The molecule has 1 saturated carbocycles. The Morgan fingerprint density at radius 3 is 2.48 bits per heavy atom. The van der Waals surface area contributed by atoms with Gasteiger partial charge in [-0.15, -0.1) is 0 Å². The molecule has 0 saturated heterocycles. The number of para-hydroxylation sites is 1. The van der Waals surface area contributed by atoms with Crippen molar-refractivity contribution >= 4 is 39.0 Å². The molecule has 0 unspecified atom stereocenters. The monoisotopic (exact) mass is 591 g/mol. The Labute approximate surface area is 246 Å². The first-order valence-electron chi connectivity index (χ1n) is 13.9. The van der Waals surface area contributed by atoms with E-state index < -0.39 is 10.0 Å². The maximum Gasteiger partial charge on any atom is 0.290 e. The number of nitrogens with one attached hydrogen (secondary N) is 2. The maximum atomic E-state index is 13.0. The summed E-state index contributed by atoms with van der Waals surface area (Å²) >= 11 is 0. The van der Waals surface area contributed by atoms with Crippen LogP contribution in [0.3, 0.4) is 0 Å². The van der Waals surface area contributed by atoms with E-state index in [-0.39, 0.29) is 11.4 Å². The third-order valence-electron chi connectivity index (χ3n) is 7.40. The Kier molecular flexibility index (Phi) is 9.97. The number of aryl methyl sites for hydroxylation is 2. The third kappa shape index (κ3) is 7.15. The SMILES string of the molecule is CCc1cc(-c2ccc(NS(=O)(=O)c3ccccc3OC)cc2C)cc2cnc(NC3CCC(N)CC3)nc12.O=CO. The number of nitrogens with zero attached hydrogens (tertiary/aromatic N) is 2. The molecule has 3 aromatic carbocycles. The van der Waals surface area contributed by atoms with Gasteiger partial charge in [-0.2, -0.15) is 0 Å². The van der Waals surface area contributed by atoms with Crippen LogP contribution in [0, 0.1) is 6.92 Å². The van der Waals surface area contributed by atoms with Crippen molar-refractivity contribution in [3.05, 3.63) is 71.9 Å². The Morgan fingerprint density at radius 1 is 1.10 bits per heavy atom. The van der Waals surface area contributed by atoms with Crippen LogP contribution in [0.2, 0.25) is 0 Å². The van der Waals surface area contributed by atoms with Gasteiger partial charge in [-0.05, 0) is 97.7 Å². The summed E-state index contributed by atoms with van der Waals surface area (Å²) in [6, 6.07) is 17.1. The molecule has 42 heavy (non-hydrogen) atoms. The van der Waals surface area contributed by atoms with Gasteiger partial charge < -0.3 is 20.9 Å². The maximum absolute atomic E-state index is 13.0. The van der Waals surface area contributed by atoms with Gasteiger partial charge in [-0.3, -0.25) is 9.52 Å².